The van der Waals surface area contributed by atoms with Crippen molar-refractivity contribution >= 4 is 34.3 Å². The number of nitrogens with zero attached hydrogens (tertiary/aromatic N) is 2. The van der Waals surface area contributed by atoms with Crippen LogP contribution in [0.3, 0.4) is 0 Å². The second kappa shape index (κ2) is 7.93. The third kappa shape index (κ3) is 3.97. The molecule has 132 valence electrons. The van der Waals surface area contributed by atoms with Crippen LogP contribution in [-0.4, -0.2) is 34.9 Å². The molecule has 0 aliphatic heterocycles. The summed E-state index contributed by atoms with van der Waals surface area (Å²) in [5.74, 6) is -0.522. The predicted molar refractivity (Wildman–Crippen MR) is 100 cm³/mol. The molecule has 0 fully saturated rings. The highest BCUT2D eigenvalue weighted by Gasteiger charge is 2.13. The first kappa shape index (κ1) is 17.8. The summed E-state index contributed by atoms with van der Waals surface area (Å²) in [6.07, 6.45) is 1.55. The minimum absolute atomic E-state index is 0.241. The molecular weight excluding hydrogens is 352 g/mol. The minimum Gasteiger partial charge on any atom is -0.350 e. The van der Waals surface area contributed by atoms with E-state index >= 15 is 0 Å². The van der Waals surface area contributed by atoms with E-state index < -0.39 is 0 Å². The van der Waals surface area contributed by atoms with Crippen LogP contribution in [0, 0.1) is 6.92 Å². The smallest absolute Gasteiger partial charge is 0.269 e. The molecule has 2 amide bonds. The molecule has 0 spiro atoms. The molecular formula is C19H17ClN4O2. The SMILES string of the molecule is Cc1cc(C(=O)NCCNC(=O)c2ccccn2)c2cccc(Cl)c2n1. The number of fused-ring (bicyclic) bond motifs is 1. The van der Waals surface area contributed by atoms with Crippen LogP contribution < -0.4 is 10.6 Å². The Morgan fingerprint density at radius 1 is 1.04 bits per heavy atom. The summed E-state index contributed by atoms with van der Waals surface area (Å²) in [4.78, 5) is 32.8. The molecule has 0 radical (unpaired) electrons. The zero-order valence-electron chi connectivity index (χ0n) is 14.1. The number of para-hydroxylation sites is 1. The van der Waals surface area contributed by atoms with Gasteiger partial charge in [-0.25, -0.2) is 0 Å². The number of pyridine rings is 2. The van der Waals surface area contributed by atoms with Crippen LogP contribution in [0.2, 0.25) is 5.02 Å². The maximum Gasteiger partial charge on any atom is 0.269 e. The molecule has 6 nitrogen and oxygen atoms in total. The van der Waals surface area contributed by atoms with E-state index in [1.165, 1.54) is 0 Å². The van der Waals surface area contributed by atoms with Gasteiger partial charge in [0.2, 0.25) is 0 Å². The monoisotopic (exact) mass is 368 g/mol. The Morgan fingerprint density at radius 2 is 1.81 bits per heavy atom. The van der Waals surface area contributed by atoms with Crippen LogP contribution >= 0.6 is 11.6 Å². The van der Waals surface area contributed by atoms with Crippen LogP contribution in [0.25, 0.3) is 10.9 Å². The molecule has 2 aromatic heterocycles. The van der Waals surface area contributed by atoms with Gasteiger partial charge in [0.1, 0.15) is 5.69 Å². The number of rotatable bonds is 5. The number of aryl methyl sites for hydroxylation is 1. The maximum atomic E-state index is 12.5. The Bertz CT molecular complexity index is 960. The second-order valence-corrected chi connectivity index (χ2v) is 6.08. The Kier molecular flexibility index (Phi) is 5.43. The Morgan fingerprint density at radius 3 is 2.54 bits per heavy atom. The molecule has 26 heavy (non-hydrogen) atoms. The largest absolute Gasteiger partial charge is 0.350 e. The summed E-state index contributed by atoms with van der Waals surface area (Å²) in [5.41, 5.74) is 2.15. The average Bonchev–Trinajstić information content (AvgIpc) is 2.65. The van der Waals surface area contributed by atoms with E-state index in [-0.39, 0.29) is 11.8 Å². The van der Waals surface area contributed by atoms with Crippen molar-refractivity contribution in [2.75, 3.05) is 13.1 Å². The van der Waals surface area contributed by atoms with Gasteiger partial charge in [-0.05, 0) is 31.2 Å². The van der Waals surface area contributed by atoms with Crippen LogP contribution in [-0.2, 0) is 0 Å². The number of benzene rings is 1. The van der Waals surface area contributed by atoms with Crippen molar-refractivity contribution < 1.29 is 9.59 Å². The van der Waals surface area contributed by atoms with E-state index in [2.05, 4.69) is 20.6 Å². The molecule has 0 saturated carbocycles. The van der Waals surface area contributed by atoms with E-state index in [9.17, 15) is 9.59 Å². The van der Waals surface area contributed by atoms with Gasteiger partial charge in [0.15, 0.2) is 0 Å². The lowest BCUT2D eigenvalue weighted by atomic mass is 10.1. The van der Waals surface area contributed by atoms with Crippen molar-refractivity contribution in [3.05, 3.63) is 70.6 Å². The third-order valence-corrected chi connectivity index (χ3v) is 4.06. The number of nitrogens with one attached hydrogen (secondary N) is 2. The molecule has 0 aliphatic carbocycles. The maximum absolute atomic E-state index is 12.5. The molecule has 2 N–H and O–H groups in total. The number of hydrogen-bond acceptors (Lipinski definition) is 4. The fourth-order valence-electron chi connectivity index (χ4n) is 2.56. The van der Waals surface area contributed by atoms with Gasteiger partial charge in [0, 0.05) is 30.4 Å². The number of carbonyl (C=O) groups is 2. The van der Waals surface area contributed by atoms with E-state index in [1.54, 1.807) is 42.6 Å². The van der Waals surface area contributed by atoms with Crippen LogP contribution in [0.5, 0.6) is 0 Å². The van der Waals surface area contributed by atoms with Gasteiger partial charge in [-0.1, -0.05) is 29.8 Å². The van der Waals surface area contributed by atoms with Crippen LogP contribution in [0.15, 0.2) is 48.7 Å². The molecule has 0 saturated heterocycles. The number of halogens is 1. The summed E-state index contributed by atoms with van der Waals surface area (Å²) in [7, 11) is 0. The number of hydrogen-bond donors (Lipinski definition) is 2. The number of amides is 2. The molecule has 1 aromatic carbocycles. The summed E-state index contributed by atoms with van der Waals surface area (Å²) in [6, 6.07) is 12.2. The first-order chi connectivity index (χ1) is 12.6. The van der Waals surface area contributed by atoms with E-state index in [1.807, 2.05) is 13.0 Å². The van der Waals surface area contributed by atoms with Crippen molar-refractivity contribution in [2.24, 2.45) is 0 Å². The van der Waals surface area contributed by atoms with Gasteiger partial charge in [-0.2, -0.15) is 0 Å². The van der Waals surface area contributed by atoms with Crippen molar-refractivity contribution in [2.45, 2.75) is 6.92 Å². The zero-order valence-corrected chi connectivity index (χ0v) is 14.9. The predicted octanol–water partition coefficient (Wildman–Crippen LogP) is 2.75. The van der Waals surface area contributed by atoms with Gasteiger partial charge in [0.25, 0.3) is 11.8 Å². The average molecular weight is 369 g/mol. The topological polar surface area (TPSA) is 84.0 Å². The van der Waals surface area contributed by atoms with Crippen molar-refractivity contribution in [3.63, 3.8) is 0 Å². The standard InChI is InChI=1S/C19H17ClN4O2/c1-12-11-14(13-5-4-6-15(20)17(13)24-12)18(25)22-9-10-23-19(26)16-7-2-3-8-21-16/h2-8,11H,9-10H2,1H3,(H,22,25)(H,23,26). The minimum atomic E-state index is -0.281. The quantitative estimate of drug-likeness (QED) is 0.678. The number of carbonyl (C=O) groups excluding carboxylic acids is 2. The van der Waals surface area contributed by atoms with Crippen molar-refractivity contribution in [1.29, 1.82) is 0 Å². The van der Waals surface area contributed by atoms with E-state index in [4.69, 9.17) is 11.6 Å². The summed E-state index contributed by atoms with van der Waals surface area (Å²) in [6.45, 7) is 2.40. The highest BCUT2D eigenvalue weighted by molar-refractivity contribution is 6.35. The van der Waals surface area contributed by atoms with Crippen LogP contribution in [0.1, 0.15) is 26.5 Å². The first-order valence-corrected chi connectivity index (χ1v) is 8.47. The molecule has 3 rings (SSSR count). The highest BCUT2D eigenvalue weighted by atomic mass is 35.5. The van der Waals surface area contributed by atoms with Gasteiger partial charge < -0.3 is 10.6 Å². The van der Waals surface area contributed by atoms with E-state index in [0.717, 1.165) is 0 Å². The van der Waals surface area contributed by atoms with Gasteiger partial charge in [-0.3, -0.25) is 19.6 Å². The lowest BCUT2D eigenvalue weighted by Crippen LogP contribution is -2.35. The lowest BCUT2D eigenvalue weighted by molar-refractivity contribution is 0.0926. The number of aromatic nitrogens is 2. The normalized spacial score (nSPS) is 10.5. The molecule has 7 heteroatoms. The summed E-state index contributed by atoms with van der Waals surface area (Å²) in [5, 5.41) is 6.71. The van der Waals surface area contributed by atoms with Gasteiger partial charge >= 0.3 is 0 Å². The summed E-state index contributed by atoms with van der Waals surface area (Å²) >= 11 is 6.18. The highest BCUT2D eigenvalue weighted by Crippen LogP contribution is 2.25. The Labute approximate surface area is 155 Å². The molecule has 0 atom stereocenters. The second-order valence-electron chi connectivity index (χ2n) is 5.67. The molecule has 3 aromatic rings. The molecule has 2 heterocycles. The van der Waals surface area contributed by atoms with Crippen molar-refractivity contribution in [3.8, 4) is 0 Å². The molecule has 0 bridgehead atoms. The Balaban J connectivity index is 1.63. The lowest BCUT2D eigenvalue weighted by Gasteiger charge is -2.10. The van der Waals surface area contributed by atoms with Crippen molar-refractivity contribution in [1.82, 2.24) is 20.6 Å². The van der Waals surface area contributed by atoms with Crippen LogP contribution in [0.4, 0.5) is 0 Å². The Hall–Kier alpha value is -2.99. The van der Waals surface area contributed by atoms with Gasteiger partial charge in [-0.15, -0.1) is 0 Å². The molecule has 0 unspecified atom stereocenters. The first-order valence-electron chi connectivity index (χ1n) is 8.09. The molecule has 0 aliphatic rings. The van der Waals surface area contributed by atoms with Gasteiger partial charge in [0.05, 0.1) is 16.1 Å². The fourth-order valence-corrected chi connectivity index (χ4v) is 2.78. The fraction of sp³-hybridized carbons (Fsp3) is 0.158. The zero-order chi connectivity index (χ0) is 18.5. The summed E-state index contributed by atoms with van der Waals surface area (Å²) < 4.78 is 0. The third-order valence-electron chi connectivity index (χ3n) is 3.76. The van der Waals surface area contributed by atoms with E-state index in [0.29, 0.717) is 46.0 Å².